The van der Waals surface area contributed by atoms with Gasteiger partial charge in [0, 0.05) is 24.4 Å². The Morgan fingerprint density at radius 3 is 2.36 bits per heavy atom. The monoisotopic (exact) mass is 216 g/mol. The average molecular weight is 216 g/mol. The molecule has 2 unspecified atom stereocenters. The third kappa shape index (κ3) is 3.14. The highest BCUT2D eigenvalue weighted by Gasteiger charge is 2.30. The second-order valence-electron chi connectivity index (χ2n) is 4.04. The SMILES string of the molecule is CCCN(CCC)C1CNCC1SC. The molecule has 1 aliphatic heterocycles. The van der Waals surface area contributed by atoms with Crippen molar-refractivity contribution in [2.75, 3.05) is 32.4 Å². The summed E-state index contributed by atoms with van der Waals surface area (Å²) in [7, 11) is 0. The quantitative estimate of drug-likeness (QED) is 0.729. The summed E-state index contributed by atoms with van der Waals surface area (Å²) >= 11 is 2.02. The van der Waals surface area contributed by atoms with Crippen LogP contribution in [0.2, 0.25) is 0 Å². The van der Waals surface area contributed by atoms with E-state index in [4.69, 9.17) is 0 Å². The zero-order valence-corrected chi connectivity index (χ0v) is 10.6. The van der Waals surface area contributed by atoms with Gasteiger partial charge in [0.1, 0.15) is 0 Å². The van der Waals surface area contributed by atoms with Crippen LogP contribution in [0.4, 0.5) is 0 Å². The van der Waals surface area contributed by atoms with Crippen molar-refractivity contribution in [3.8, 4) is 0 Å². The first kappa shape index (κ1) is 12.3. The van der Waals surface area contributed by atoms with Crippen molar-refractivity contribution in [1.29, 1.82) is 0 Å². The zero-order valence-electron chi connectivity index (χ0n) is 9.75. The molecule has 0 aromatic carbocycles. The zero-order chi connectivity index (χ0) is 10.4. The first-order chi connectivity index (χ1) is 6.83. The number of rotatable bonds is 6. The van der Waals surface area contributed by atoms with E-state index in [9.17, 15) is 0 Å². The smallest absolute Gasteiger partial charge is 0.0351 e. The normalized spacial score (nSPS) is 27.4. The van der Waals surface area contributed by atoms with Crippen LogP contribution in [0.5, 0.6) is 0 Å². The van der Waals surface area contributed by atoms with E-state index in [0.717, 1.165) is 11.3 Å². The second-order valence-corrected chi connectivity index (χ2v) is 5.11. The third-order valence-electron chi connectivity index (χ3n) is 2.92. The minimum atomic E-state index is 0.768. The Hall–Kier alpha value is 0.270. The molecular formula is C11H24N2S. The summed E-state index contributed by atoms with van der Waals surface area (Å²) in [5, 5.41) is 4.31. The molecule has 1 saturated heterocycles. The van der Waals surface area contributed by atoms with Gasteiger partial charge in [-0.05, 0) is 32.2 Å². The molecule has 14 heavy (non-hydrogen) atoms. The largest absolute Gasteiger partial charge is 0.314 e. The van der Waals surface area contributed by atoms with E-state index in [-0.39, 0.29) is 0 Å². The van der Waals surface area contributed by atoms with Gasteiger partial charge < -0.3 is 5.32 Å². The predicted octanol–water partition coefficient (Wildman–Crippen LogP) is 1.81. The molecule has 0 aromatic rings. The van der Waals surface area contributed by atoms with E-state index in [1.807, 2.05) is 11.8 Å². The molecule has 0 radical (unpaired) electrons. The van der Waals surface area contributed by atoms with Crippen LogP contribution in [-0.2, 0) is 0 Å². The number of nitrogens with zero attached hydrogens (tertiary/aromatic N) is 1. The molecule has 1 fully saturated rings. The summed E-state index contributed by atoms with van der Waals surface area (Å²) < 4.78 is 0. The molecule has 3 heteroatoms. The first-order valence-electron chi connectivity index (χ1n) is 5.81. The van der Waals surface area contributed by atoms with Crippen LogP contribution < -0.4 is 5.32 Å². The van der Waals surface area contributed by atoms with Gasteiger partial charge in [0.05, 0.1) is 0 Å². The minimum Gasteiger partial charge on any atom is -0.314 e. The maximum absolute atomic E-state index is 3.51. The Morgan fingerprint density at radius 2 is 1.86 bits per heavy atom. The summed E-state index contributed by atoms with van der Waals surface area (Å²) in [5.74, 6) is 0. The van der Waals surface area contributed by atoms with E-state index >= 15 is 0 Å². The van der Waals surface area contributed by atoms with Crippen LogP contribution in [0.3, 0.4) is 0 Å². The van der Waals surface area contributed by atoms with E-state index in [1.165, 1.54) is 39.0 Å². The lowest BCUT2D eigenvalue weighted by atomic mass is 10.2. The van der Waals surface area contributed by atoms with Gasteiger partial charge in [0.25, 0.3) is 0 Å². The summed E-state index contributed by atoms with van der Waals surface area (Å²) in [4.78, 5) is 2.67. The molecule has 2 nitrogen and oxygen atoms in total. The summed E-state index contributed by atoms with van der Waals surface area (Å²) in [6.45, 7) is 9.45. The third-order valence-corrected chi connectivity index (χ3v) is 4.01. The van der Waals surface area contributed by atoms with E-state index < -0.39 is 0 Å². The molecule has 0 saturated carbocycles. The van der Waals surface area contributed by atoms with E-state index in [1.54, 1.807) is 0 Å². The van der Waals surface area contributed by atoms with Crippen molar-refractivity contribution in [2.24, 2.45) is 0 Å². The fourth-order valence-electron chi connectivity index (χ4n) is 2.26. The van der Waals surface area contributed by atoms with Crippen LogP contribution in [-0.4, -0.2) is 48.6 Å². The number of hydrogen-bond acceptors (Lipinski definition) is 3. The molecule has 1 rings (SSSR count). The second kappa shape index (κ2) is 6.70. The van der Waals surface area contributed by atoms with Gasteiger partial charge in [-0.2, -0.15) is 11.8 Å². The average Bonchev–Trinajstić information content (AvgIpc) is 2.65. The molecule has 0 aliphatic carbocycles. The van der Waals surface area contributed by atoms with Crippen LogP contribution >= 0.6 is 11.8 Å². The maximum atomic E-state index is 3.51. The minimum absolute atomic E-state index is 0.768. The lowest BCUT2D eigenvalue weighted by Gasteiger charge is -2.31. The Labute approximate surface area is 92.8 Å². The van der Waals surface area contributed by atoms with Crippen LogP contribution in [0.15, 0.2) is 0 Å². The van der Waals surface area contributed by atoms with Gasteiger partial charge in [-0.25, -0.2) is 0 Å². The van der Waals surface area contributed by atoms with Gasteiger partial charge in [-0.3, -0.25) is 4.90 Å². The van der Waals surface area contributed by atoms with Crippen molar-refractivity contribution in [3.05, 3.63) is 0 Å². The Bertz CT molecular complexity index is 146. The highest BCUT2D eigenvalue weighted by molar-refractivity contribution is 7.99. The van der Waals surface area contributed by atoms with Crippen LogP contribution in [0.25, 0.3) is 0 Å². The Kier molecular flexibility index (Phi) is 5.90. The van der Waals surface area contributed by atoms with Crippen LogP contribution in [0.1, 0.15) is 26.7 Å². The maximum Gasteiger partial charge on any atom is 0.0351 e. The summed E-state index contributed by atoms with van der Waals surface area (Å²) in [6.07, 6.45) is 4.79. The van der Waals surface area contributed by atoms with E-state index in [2.05, 4.69) is 30.3 Å². The molecule has 0 aromatic heterocycles. The number of hydrogen-bond donors (Lipinski definition) is 1. The fraction of sp³-hybridized carbons (Fsp3) is 1.00. The van der Waals surface area contributed by atoms with Crippen molar-refractivity contribution in [2.45, 2.75) is 38.0 Å². The van der Waals surface area contributed by atoms with Crippen molar-refractivity contribution in [3.63, 3.8) is 0 Å². The standard InChI is InChI=1S/C11H24N2S/c1-4-6-13(7-5-2)10-8-12-9-11(10)14-3/h10-12H,4-9H2,1-3H3. The van der Waals surface area contributed by atoms with Crippen molar-refractivity contribution < 1.29 is 0 Å². The highest BCUT2D eigenvalue weighted by atomic mass is 32.2. The molecular weight excluding hydrogens is 192 g/mol. The number of nitrogens with one attached hydrogen (secondary N) is 1. The lowest BCUT2D eigenvalue weighted by Crippen LogP contribution is -2.42. The molecule has 0 bridgehead atoms. The molecule has 0 spiro atoms. The van der Waals surface area contributed by atoms with Gasteiger partial charge in [-0.1, -0.05) is 13.8 Å². The molecule has 0 amide bonds. The van der Waals surface area contributed by atoms with Gasteiger partial charge in [-0.15, -0.1) is 0 Å². The Morgan fingerprint density at radius 1 is 1.21 bits per heavy atom. The molecule has 1 aliphatic rings. The van der Waals surface area contributed by atoms with Crippen LogP contribution in [0, 0.1) is 0 Å². The first-order valence-corrected chi connectivity index (χ1v) is 7.09. The highest BCUT2D eigenvalue weighted by Crippen LogP contribution is 2.20. The molecule has 2 atom stereocenters. The fourth-order valence-corrected chi connectivity index (χ4v) is 3.13. The van der Waals surface area contributed by atoms with Crippen molar-refractivity contribution >= 4 is 11.8 Å². The van der Waals surface area contributed by atoms with Gasteiger partial charge in [0.2, 0.25) is 0 Å². The topological polar surface area (TPSA) is 15.3 Å². The Balaban J connectivity index is 2.47. The van der Waals surface area contributed by atoms with Gasteiger partial charge >= 0.3 is 0 Å². The summed E-state index contributed by atoms with van der Waals surface area (Å²) in [5.41, 5.74) is 0. The number of thioether (sulfide) groups is 1. The molecule has 1 N–H and O–H groups in total. The van der Waals surface area contributed by atoms with Gasteiger partial charge in [0.15, 0.2) is 0 Å². The van der Waals surface area contributed by atoms with E-state index in [0.29, 0.717) is 0 Å². The molecule has 1 heterocycles. The van der Waals surface area contributed by atoms with Crippen molar-refractivity contribution in [1.82, 2.24) is 10.2 Å². The molecule has 84 valence electrons. The predicted molar refractivity (Wildman–Crippen MR) is 66.1 cm³/mol. The summed E-state index contributed by atoms with van der Waals surface area (Å²) in [6, 6.07) is 0.768. The lowest BCUT2D eigenvalue weighted by molar-refractivity contribution is 0.212.